The van der Waals surface area contributed by atoms with Crippen LogP contribution in [0, 0.1) is 0 Å². The van der Waals surface area contributed by atoms with Crippen LogP contribution in [0.5, 0.6) is 11.5 Å². The Labute approximate surface area is 324 Å². The van der Waals surface area contributed by atoms with Gasteiger partial charge < -0.3 is 4.74 Å². The first-order valence-electron chi connectivity index (χ1n) is 19.5. The molecular formula is C55H32O. The predicted octanol–water partition coefficient (Wildman–Crippen LogP) is 14.6. The van der Waals surface area contributed by atoms with Crippen molar-refractivity contribution < 1.29 is 4.74 Å². The molecule has 1 nitrogen and oxygen atoms in total. The molecule has 0 atom stereocenters. The van der Waals surface area contributed by atoms with Gasteiger partial charge >= 0.3 is 0 Å². The Kier molecular flexibility index (Phi) is 5.89. The Hall–Kier alpha value is -7.22. The Bertz CT molecular complexity index is 3290. The maximum Gasteiger partial charge on any atom is 0.135 e. The van der Waals surface area contributed by atoms with Crippen LogP contribution < -0.4 is 4.74 Å². The molecule has 1 heteroatoms. The van der Waals surface area contributed by atoms with E-state index in [1.165, 1.54) is 105 Å². The number of benzene rings is 10. The summed E-state index contributed by atoms with van der Waals surface area (Å²) in [6.07, 6.45) is 0. The van der Waals surface area contributed by atoms with Gasteiger partial charge in [-0.25, -0.2) is 0 Å². The molecule has 1 spiro atoms. The smallest absolute Gasteiger partial charge is 0.135 e. The van der Waals surface area contributed by atoms with Crippen molar-refractivity contribution in [1.82, 2.24) is 0 Å². The van der Waals surface area contributed by atoms with E-state index >= 15 is 0 Å². The Morgan fingerprint density at radius 2 is 0.857 bits per heavy atom. The number of fused-ring (bicyclic) bond motifs is 15. The van der Waals surface area contributed by atoms with Crippen LogP contribution in [0.1, 0.15) is 22.3 Å². The van der Waals surface area contributed by atoms with Gasteiger partial charge in [0, 0.05) is 10.9 Å². The average molecular weight is 709 g/mol. The normalized spacial score (nSPS) is 13.6. The Morgan fingerprint density at radius 1 is 0.304 bits per heavy atom. The first-order chi connectivity index (χ1) is 27.8. The molecule has 56 heavy (non-hydrogen) atoms. The lowest BCUT2D eigenvalue weighted by atomic mass is 9.70. The van der Waals surface area contributed by atoms with Crippen LogP contribution in [-0.4, -0.2) is 0 Å². The first-order valence-corrected chi connectivity index (χ1v) is 19.5. The first kappa shape index (κ1) is 30.1. The SMILES string of the molecule is c1ccc2c(c1)-c1ccccc1C21c2ccc(-c3ccc4c(c3)-c3cccc5cccc(c35)O4)cc2-c2c1ccc1c(-c3cccc4ccccc34)cccc21. The summed E-state index contributed by atoms with van der Waals surface area (Å²) in [4.78, 5) is 0. The van der Waals surface area contributed by atoms with Crippen molar-refractivity contribution in [3.63, 3.8) is 0 Å². The molecular weight excluding hydrogens is 677 g/mol. The van der Waals surface area contributed by atoms with E-state index in [4.69, 9.17) is 4.74 Å². The topological polar surface area (TPSA) is 9.23 Å². The van der Waals surface area contributed by atoms with E-state index < -0.39 is 5.41 Å². The van der Waals surface area contributed by atoms with Gasteiger partial charge in [-0.2, -0.15) is 0 Å². The summed E-state index contributed by atoms with van der Waals surface area (Å²) in [7, 11) is 0. The highest BCUT2D eigenvalue weighted by Crippen LogP contribution is 2.64. The lowest BCUT2D eigenvalue weighted by Gasteiger charge is -2.30. The molecule has 10 aromatic rings. The zero-order valence-corrected chi connectivity index (χ0v) is 30.4. The average Bonchev–Trinajstić information content (AvgIpc) is 3.73. The number of rotatable bonds is 2. The van der Waals surface area contributed by atoms with E-state index in [-0.39, 0.29) is 0 Å². The van der Waals surface area contributed by atoms with Gasteiger partial charge in [-0.15, -0.1) is 0 Å². The van der Waals surface area contributed by atoms with Crippen LogP contribution in [0.25, 0.3) is 88.0 Å². The lowest BCUT2D eigenvalue weighted by molar-refractivity contribution is 0.487. The van der Waals surface area contributed by atoms with Gasteiger partial charge in [0.15, 0.2) is 0 Å². The quantitative estimate of drug-likeness (QED) is 0.174. The largest absolute Gasteiger partial charge is 0.456 e. The van der Waals surface area contributed by atoms with Crippen LogP contribution in [0.15, 0.2) is 194 Å². The molecule has 0 amide bonds. The third kappa shape index (κ3) is 3.79. The molecule has 0 bridgehead atoms. The molecule has 0 radical (unpaired) electrons. The third-order valence-corrected chi connectivity index (χ3v) is 12.9. The van der Waals surface area contributed by atoms with E-state index in [1.807, 2.05) is 0 Å². The van der Waals surface area contributed by atoms with Gasteiger partial charge in [0.05, 0.1) is 5.41 Å². The van der Waals surface area contributed by atoms with Crippen molar-refractivity contribution in [2.45, 2.75) is 5.41 Å². The number of hydrogen-bond donors (Lipinski definition) is 0. The second-order valence-corrected chi connectivity index (χ2v) is 15.5. The second-order valence-electron chi connectivity index (χ2n) is 15.5. The van der Waals surface area contributed by atoms with Gasteiger partial charge in [-0.05, 0) is 124 Å². The van der Waals surface area contributed by atoms with Gasteiger partial charge in [0.1, 0.15) is 11.5 Å². The summed E-state index contributed by atoms with van der Waals surface area (Å²) in [5.41, 5.74) is 17.5. The van der Waals surface area contributed by atoms with Crippen molar-refractivity contribution in [3.05, 3.63) is 216 Å². The molecule has 13 rings (SSSR count). The van der Waals surface area contributed by atoms with Crippen molar-refractivity contribution in [3.8, 4) is 67.1 Å². The van der Waals surface area contributed by atoms with Gasteiger partial charge in [-0.1, -0.05) is 170 Å². The molecule has 1 heterocycles. The van der Waals surface area contributed by atoms with Gasteiger partial charge in [-0.3, -0.25) is 0 Å². The summed E-state index contributed by atoms with van der Waals surface area (Å²) in [6.45, 7) is 0. The summed E-state index contributed by atoms with van der Waals surface area (Å²) >= 11 is 0. The van der Waals surface area contributed by atoms with E-state index in [2.05, 4.69) is 194 Å². The minimum absolute atomic E-state index is 0.428. The second kappa shape index (κ2) is 10.9. The fourth-order valence-corrected chi connectivity index (χ4v) is 10.6. The van der Waals surface area contributed by atoms with Crippen molar-refractivity contribution in [2.75, 3.05) is 0 Å². The molecule has 0 fully saturated rings. The van der Waals surface area contributed by atoms with Gasteiger partial charge in [0.2, 0.25) is 0 Å². The standard InChI is InChI=1S/C55H32O/c1-2-15-37-33(11-1)12-7-18-38(37)39-19-10-21-43-40(39)27-29-50-54(43)46-32-35(25-28-49(46)55(50)47-22-5-3-16-41(47)42-17-4-6-23-48(42)55)36-26-30-51-45(31-36)44-20-8-13-34-14-9-24-52(56-51)53(34)44/h1-32H. The maximum absolute atomic E-state index is 6.51. The van der Waals surface area contributed by atoms with Crippen molar-refractivity contribution >= 4 is 32.3 Å². The Balaban J connectivity index is 1.09. The van der Waals surface area contributed by atoms with Crippen LogP contribution in [0.3, 0.4) is 0 Å². The molecule has 3 aliphatic rings. The zero-order valence-electron chi connectivity index (χ0n) is 30.4. The van der Waals surface area contributed by atoms with E-state index in [9.17, 15) is 0 Å². The minimum atomic E-state index is -0.428. The Morgan fingerprint density at radius 3 is 1.68 bits per heavy atom. The van der Waals surface area contributed by atoms with Gasteiger partial charge in [0.25, 0.3) is 0 Å². The molecule has 0 saturated heterocycles. The van der Waals surface area contributed by atoms with Crippen LogP contribution in [0.2, 0.25) is 0 Å². The molecule has 0 saturated carbocycles. The zero-order chi connectivity index (χ0) is 36.5. The summed E-state index contributed by atoms with van der Waals surface area (Å²) in [6, 6.07) is 72.1. The van der Waals surface area contributed by atoms with E-state index in [0.717, 1.165) is 17.1 Å². The number of hydrogen-bond acceptors (Lipinski definition) is 1. The molecule has 258 valence electrons. The molecule has 0 unspecified atom stereocenters. The summed E-state index contributed by atoms with van der Waals surface area (Å²) in [5, 5.41) is 7.46. The molecule has 0 N–H and O–H groups in total. The fraction of sp³-hybridized carbons (Fsp3) is 0.0182. The fourth-order valence-electron chi connectivity index (χ4n) is 10.6. The monoisotopic (exact) mass is 708 g/mol. The van der Waals surface area contributed by atoms with Crippen LogP contribution in [0.4, 0.5) is 0 Å². The van der Waals surface area contributed by atoms with Crippen molar-refractivity contribution in [1.29, 1.82) is 0 Å². The number of ether oxygens (including phenoxy) is 1. The predicted molar refractivity (Wildman–Crippen MR) is 232 cm³/mol. The summed E-state index contributed by atoms with van der Waals surface area (Å²) in [5.74, 6) is 1.82. The van der Waals surface area contributed by atoms with Crippen LogP contribution in [-0.2, 0) is 5.41 Å². The maximum atomic E-state index is 6.51. The highest BCUT2D eigenvalue weighted by molar-refractivity contribution is 6.13. The molecule has 2 aliphatic carbocycles. The van der Waals surface area contributed by atoms with E-state index in [0.29, 0.717) is 0 Å². The molecule has 10 aromatic carbocycles. The van der Waals surface area contributed by atoms with E-state index in [1.54, 1.807) is 0 Å². The third-order valence-electron chi connectivity index (χ3n) is 12.9. The highest BCUT2D eigenvalue weighted by atomic mass is 16.5. The molecule has 1 aliphatic heterocycles. The summed E-state index contributed by atoms with van der Waals surface area (Å²) < 4.78 is 6.51. The molecule has 0 aromatic heterocycles. The minimum Gasteiger partial charge on any atom is -0.456 e. The lowest BCUT2D eigenvalue weighted by Crippen LogP contribution is -2.25. The highest BCUT2D eigenvalue weighted by Gasteiger charge is 2.52. The van der Waals surface area contributed by atoms with Crippen molar-refractivity contribution in [2.24, 2.45) is 0 Å². The van der Waals surface area contributed by atoms with Crippen LogP contribution >= 0.6 is 0 Å².